The highest BCUT2D eigenvalue weighted by molar-refractivity contribution is 5.29. The topological polar surface area (TPSA) is 21.3 Å². The first-order chi connectivity index (χ1) is 8.11. The van der Waals surface area contributed by atoms with Gasteiger partial charge < -0.3 is 10.1 Å². The Morgan fingerprint density at radius 2 is 2.06 bits per heavy atom. The summed E-state index contributed by atoms with van der Waals surface area (Å²) in [5, 5.41) is 3.08. The number of methoxy groups -OCH3 is 1. The summed E-state index contributed by atoms with van der Waals surface area (Å²) >= 11 is 0. The van der Waals surface area contributed by atoms with Crippen LogP contribution in [0.1, 0.15) is 30.5 Å². The van der Waals surface area contributed by atoms with E-state index < -0.39 is 11.6 Å². The van der Waals surface area contributed by atoms with Crippen molar-refractivity contribution in [2.75, 3.05) is 20.3 Å². The van der Waals surface area contributed by atoms with Crippen LogP contribution in [0.3, 0.4) is 0 Å². The zero-order valence-corrected chi connectivity index (χ0v) is 10.5. The summed E-state index contributed by atoms with van der Waals surface area (Å²) in [6.07, 6.45) is 0.543. The molecule has 0 saturated heterocycles. The van der Waals surface area contributed by atoms with Crippen LogP contribution in [0.4, 0.5) is 8.78 Å². The summed E-state index contributed by atoms with van der Waals surface area (Å²) in [5.41, 5.74) is 0.575. The smallest absolute Gasteiger partial charge is 0.133 e. The summed E-state index contributed by atoms with van der Waals surface area (Å²) in [4.78, 5) is 0. The zero-order chi connectivity index (χ0) is 12.8. The quantitative estimate of drug-likeness (QED) is 0.829. The Morgan fingerprint density at radius 1 is 1.35 bits per heavy atom. The molecular formula is C13H19F2NO. The van der Waals surface area contributed by atoms with Gasteiger partial charge in [0.15, 0.2) is 0 Å². The maximum absolute atomic E-state index is 13.9. The van der Waals surface area contributed by atoms with Crippen molar-refractivity contribution in [3.05, 3.63) is 34.9 Å². The first-order valence-corrected chi connectivity index (χ1v) is 5.78. The Labute approximate surface area is 101 Å². The van der Waals surface area contributed by atoms with Gasteiger partial charge in [-0.1, -0.05) is 13.0 Å². The van der Waals surface area contributed by atoms with Gasteiger partial charge in [-0.15, -0.1) is 0 Å². The fraction of sp³-hybridized carbons (Fsp3) is 0.538. The third-order valence-corrected chi connectivity index (χ3v) is 2.73. The molecule has 1 aromatic rings. The monoisotopic (exact) mass is 243 g/mol. The van der Waals surface area contributed by atoms with E-state index in [2.05, 4.69) is 5.32 Å². The molecule has 96 valence electrons. The minimum absolute atomic E-state index is 0.115. The molecule has 0 aliphatic carbocycles. The van der Waals surface area contributed by atoms with Crippen LogP contribution in [-0.4, -0.2) is 20.3 Å². The molecule has 0 saturated carbocycles. The molecule has 1 atom stereocenters. The lowest BCUT2D eigenvalue weighted by atomic mass is 10.00. The van der Waals surface area contributed by atoms with E-state index in [0.29, 0.717) is 25.1 Å². The van der Waals surface area contributed by atoms with Crippen molar-refractivity contribution in [2.24, 2.45) is 0 Å². The minimum Gasteiger partial charge on any atom is -0.385 e. The maximum Gasteiger partial charge on any atom is 0.133 e. The minimum atomic E-state index is -0.504. The standard InChI is InChI=1S/C13H19F2NO/c1-4-16-11(7-8-17-3)12-10(14)6-5-9(2)13(12)15/h5-6,11,16H,4,7-8H2,1-3H3. The van der Waals surface area contributed by atoms with Crippen molar-refractivity contribution in [2.45, 2.75) is 26.3 Å². The second kappa shape index (κ2) is 6.67. The van der Waals surface area contributed by atoms with Crippen molar-refractivity contribution < 1.29 is 13.5 Å². The summed E-state index contributed by atoms with van der Waals surface area (Å²) in [6, 6.07) is 2.41. The third-order valence-electron chi connectivity index (χ3n) is 2.73. The molecule has 0 aliphatic rings. The summed E-state index contributed by atoms with van der Waals surface area (Å²) in [5.74, 6) is -0.970. The van der Waals surface area contributed by atoms with E-state index in [9.17, 15) is 8.78 Å². The molecule has 0 amide bonds. The Bertz CT molecular complexity index is 369. The van der Waals surface area contributed by atoms with Gasteiger partial charge >= 0.3 is 0 Å². The predicted octanol–water partition coefficient (Wildman–Crippen LogP) is 2.96. The van der Waals surface area contributed by atoms with Gasteiger partial charge in [-0.25, -0.2) is 8.78 Å². The van der Waals surface area contributed by atoms with Crippen LogP contribution in [0.15, 0.2) is 12.1 Å². The number of halogens is 2. The molecule has 0 radical (unpaired) electrons. The van der Waals surface area contributed by atoms with Crippen LogP contribution in [0.2, 0.25) is 0 Å². The number of aryl methyl sites for hydroxylation is 1. The molecule has 0 aliphatic heterocycles. The fourth-order valence-corrected chi connectivity index (χ4v) is 1.83. The molecule has 4 heteroatoms. The van der Waals surface area contributed by atoms with Gasteiger partial charge in [0, 0.05) is 25.3 Å². The average molecular weight is 243 g/mol. The number of hydrogen-bond acceptors (Lipinski definition) is 2. The third kappa shape index (κ3) is 3.48. The molecule has 0 heterocycles. The molecule has 17 heavy (non-hydrogen) atoms. The molecule has 0 bridgehead atoms. The first-order valence-electron chi connectivity index (χ1n) is 5.78. The lowest BCUT2D eigenvalue weighted by Gasteiger charge is -2.20. The normalized spacial score (nSPS) is 12.8. The molecule has 1 rings (SSSR count). The Kier molecular flexibility index (Phi) is 5.51. The largest absolute Gasteiger partial charge is 0.385 e. The van der Waals surface area contributed by atoms with Crippen LogP contribution in [0.5, 0.6) is 0 Å². The molecule has 1 N–H and O–H groups in total. The molecule has 2 nitrogen and oxygen atoms in total. The number of ether oxygens (including phenoxy) is 1. The van der Waals surface area contributed by atoms with Crippen molar-refractivity contribution in [1.82, 2.24) is 5.32 Å². The molecular weight excluding hydrogens is 224 g/mol. The van der Waals surface area contributed by atoms with Crippen molar-refractivity contribution in [1.29, 1.82) is 0 Å². The van der Waals surface area contributed by atoms with Crippen LogP contribution in [0.25, 0.3) is 0 Å². The van der Waals surface area contributed by atoms with Gasteiger partial charge in [-0.2, -0.15) is 0 Å². The van der Waals surface area contributed by atoms with Crippen LogP contribution in [-0.2, 0) is 4.74 Å². The number of hydrogen-bond donors (Lipinski definition) is 1. The van der Waals surface area contributed by atoms with Gasteiger partial charge in [-0.05, 0) is 31.5 Å². The van der Waals surface area contributed by atoms with E-state index >= 15 is 0 Å². The summed E-state index contributed by atoms with van der Waals surface area (Å²) in [6.45, 7) is 4.66. The van der Waals surface area contributed by atoms with E-state index in [1.807, 2.05) is 6.92 Å². The fourth-order valence-electron chi connectivity index (χ4n) is 1.83. The molecule has 0 spiro atoms. The van der Waals surface area contributed by atoms with Crippen LogP contribution < -0.4 is 5.32 Å². The van der Waals surface area contributed by atoms with E-state index in [1.54, 1.807) is 14.0 Å². The first kappa shape index (κ1) is 14.1. The van der Waals surface area contributed by atoms with Gasteiger partial charge in [0.1, 0.15) is 11.6 Å². The SMILES string of the molecule is CCNC(CCOC)c1c(F)ccc(C)c1F. The van der Waals surface area contributed by atoms with E-state index in [4.69, 9.17) is 4.74 Å². The molecule has 0 aromatic heterocycles. The zero-order valence-electron chi connectivity index (χ0n) is 10.5. The highest BCUT2D eigenvalue weighted by Gasteiger charge is 2.20. The van der Waals surface area contributed by atoms with Gasteiger partial charge in [-0.3, -0.25) is 0 Å². The van der Waals surface area contributed by atoms with E-state index in [1.165, 1.54) is 12.1 Å². The maximum atomic E-state index is 13.9. The number of nitrogens with one attached hydrogen (secondary N) is 1. The van der Waals surface area contributed by atoms with Crippen molar-refractivity contribution >= 4 is 0 Å². The van der Waals surface area contributed by atoms with Gasteiger partial charge in [0.2, 0.25) is 0 Å². The van der Waals surface area contributed by atoms with Crippen molar-refractivity contribution in [3.63, 3.8) is 0 Å². The predicted molar refractivity (Wildman–Crippen MR) is 64.0 cm³/mol. The Hall–Kier alpha value is -1.00. The highest BCUT2D eigenvalue weighted by Crippen LogP contribution is 2.25. The summed E-state index contributed by atoms with van der Waals surface area (Å²) in [7, 11) is 1.58. The van der Waals surface area contributed by atoms with Gasteiger partial charge in [0.05, 0.1) is 0 Å². The van der Waals surface area contributed by atoms with E-state index in [0.717, 1.165) is 0 Å². The average Bonchev–Trinajstić information content (AvgIpc) is 2.31. The molecule has 0 fully saturated rings. The van der Waals surface area contributed by atoms with Crippen molar-refractivity contribution in [3.8, 4) is 0 Å². The van der Waals surface area contributed by atoms with E-state index in [-0.39, 0.29) is 11.6 Å². The molecule has 1 aromatic carbocycles. The Morgan fingerprint density at radius 3 is 2.65 bits per heavy atom. The van der Waals surface area contributed by atoms with Crippen LogP contribution in [0, 0.1) is 18.6 Å². The second-order valence-electron chi connectivity index (χ2n) is 3.98. The summed E-state index contributed by atoms with van der Waals surface area (Å²) < 4.78 is 32.6. The number of benzene rings is 1. The van der Waals surface area contributed by atoms with Gasteiger partial charge in [0.25, 0.3) is 0 Å². The lowest BCUT2D eigenvalue weighted by Crippen LogP contribution is -2.24. The van der Waals surface area contributed by atoms with Crippen LogP contribution >= 0.6 is 0 Å². The lowest BCUT2D eigenvalue weighted by molar-refractivity contribution is 0.182. The second-order valence-corrected chi connectivity index (χ2v) is 3.98. The number of rotatable bonds is 6. The molecule has 1 unspecified atom stereocenters. The Balaban J connectivity index is 3.03. The highest BCUT2D eigenvalue weighted by atomic mass is 19.1.